The van der Waals surface area contributed by atoms with E-state index in [4.69, 9.17) is 4.74 Å². The Hall–Kier alpha value is -2.16. The molecule has 1 aliphatic heterocycles. The Labute approximate surface area is 152 Å². The number of carbonyl (C=O) groups is 3. The molecule has 144 valence electrons. The number of likely N-dealkylation sites (N-methyl/N-ethyl adjacent to an activating group) is 1. The summed E-state index contributed by atoms with van der Waals surface area (Å²) >= 11 is 0. The molecule has 1 aliphatic rings. The van der Waals surface area contributed by atoms with Crippen molar-refractivity contribution in [2.45, 2.75) is 46.3 Å². The summed E-state index contributed by atoms with van der Waals surface area (Å²) in [6, 6.07) is -0.410. The van der Waals surface area contributed by atoms with Crippen LogP contribution >= 0.6 is 0 Å². The van der Waals surface area contributed by atoms with Crippen LogP contribution in [0, 0.1) is 13.8 Å². The van der Waals surface area contributed by atoms with Crippen LogP contribution in [0.3, 0.4) is 0 Å². The molecule has 1 fully saturated rings. The number of aromatic nitrogens is 1. The van der Waals surface area contributed by atoms with Gasteiger partial charge in [0.05, 0.1) is 11.5 Å². The standard InChI is InChI=1S/C17H24N2O6S/c1-9-14(11(3)20)10(2)18-15(9)17(22)25-12(4)16(21)19(5)13-6-7-26(23,24)8-13/h12-13,18H,6-8H2,1-5H3/t12-,13-/m0/s1. The lowest BCUT2D eigenvalue weighted by molar-refractivity contribution is -0.140. The number of ketones is 1. The Kier molecular flexibility index (Phi) is 5.60. The first-order chi connectivity index (χ1) is 11.9. The molecule has 1 aromatic heterocycles. The van der Waals surface area contributed by atoms with Gasteiger partial charge in [0.2, 0.25) is 0 Å². The molecule has 2 atom stereocenters. The van der Waals surface area contributed by atoms with E-state index in [0.29, 0.717) is 23.2 Å². The second kappa shape index (κ2) is 7.22. The van der Waals surface area contributed by atoms with Crippen molar-refractivity contribution in [3.05, 3.63) is 22.5 Å². The van der Waals surface area contributed by atoms with Crippen LogP contribution in [0.5, 0.6) is 0 Å². The number of aryl methyl sites for hydroxylation is 1. The Balaban J connectivity index is 2.08. The number of amides is 1. The molecule has 8 nitrogen and oxygen atoms in total. The Morgan fingerprint density at radius 2 is 1.88 bits per heavy atom. The molecule has 26 heavy (non-hydrogen) atoms. The number of ether oxygens (including phenoxy) is 1. The number of hydrogen-bond acceptors (Lipinski definition) is 6. The third kappa shape index (κ3) is 3.98. The number of Topliss-reactive ketones (excluding diaryl/α,β-unsaturated/α-hetero) is 1. The minimum Gasteiger partial charge on any atom is -0.448 e. The number of nitrogens with one attached hydrogen (secondary N) is 1. The van der Waals surface area contributed by atoms with E-state index in [1.54, 1.807) is 13.8 Å². The molecule has 0 unspecified atom stereocenters. The van der Waals surface area contributed by atoms with Crippen LogP contribution in [0.2, 0.25) is 0 Å². The first kappa shape index (κ1) is 20.2. The third-order valence-corrected chi connectivity index (χ3v) is 6.48. The van der Waals surface area contributed by atoms with Gasteiger partial charge in [0.15, 0.2) is 21.7 Å². The highest BCUT2D eigenvalue weighted by molar-refractivity contribution is 7.91. The fourth-order valence-electron chi connectivity index (χ4n) is 3.30. The van der Waals surface area contributed by atoms with E-state index in [9.17, 15) is 22.8 Å². The van der Waals surface area contributed by atoms with Gasteiger partial charge in [-0.15, -0.1) is 0 Å². The van der Waals surface area contributed by atoms with Crippen LogP contribution < -0.4 is 0 Å². The van der Waals surface area contributed by atoms with Crippen LogP contribution in [0.15, 0.2) is 0 Å². The van der Waals surface area contributed by atoms with Gasteiger partial charge in [0, 0.05) is 24.3 Å². The number of carbonyl (C=O) groups excluding carboxylic acids is 3. The molecule has 9 heteroatoms. The monoisotopic (exact) mass is 384 g/mol. The molecule has 0 bridgehead atoms. The molecule has 0 aliphatic carbocycles. The Morgan fingerprint density at radius 3 is 2.35 bits per heavy atom. The predicted octanol–water partition coefficient (Wildman–Crippen LogP) is 1.02. The zero-order valence-electron chi connectivity index (χ0n) is 15.6. The molecule has 2 rings (SSSR count). The summed E-state index contributed by atoms with van der Waals surface area (Å²) in [4.78, 5) is 40.7. The minimum absolute atomic E-state index is 0.0538. The molecule has 1 N–H and O–H groups in total. The average molecular weight is 384 g/mol. The van der Waals surface area contributed by atoms with Gasteiger partial charge in [0.25, 0.3) is 5.91 Å². The normalized spacial score (nSPS) is 19.8. The zero-order chi connectivity index (χ0) is 19.8. The van der Waals surface area contributed by atoms with Crippen LogP contribution in [0.4, 0.5) is 0 Å². The highest BCUT2D eigenvalue weighted by atomic mass is 32.2. The van der Waals surface area contributed by atoms with Gasteiger partial charge in [-0.3, -0.25) is 9.59 Å². The topological polar surface area (TPSA) is 114 Å². The highest BCUT2D eigenvalue weighted by Gasteiger charge is 2.35. The van der Waals surface area contributed by atoms with Crippen molar-refractivity contribution in [1.82, 2.24) is 9.88 Å². The summed E-state index contributed by atoms with van der Waals surface area (Å²) in [5, 5.41) is 0. The minimum atomic E-state index is -3.12. The summed E-state index contributed by atoms with van der Waals surface area (Å²) in [5.41, 5.74) is 1.62. The van der Waals surface area contributed by atoms with E-state index in [-0.39, 0.29) is 23.0 Å². The lowest BCUT2D eigenvalue weighted by Crippen LogP contribution is -2.44. The van der Waals surface area contributed by atoms with Crippen molar-refractivity contribution >= 4 is 27.5 Å². The number of aromatic amines is 1. The molecule has 0 spiro atoms. The molecular weight excluding hydrogens is 360 g/mol. The predicted molar refractivity (Wildman–Crippen MR) is 95.0 cm³/mol. The number of sulfone groups is 1. The van der Waals surface area contributed by atoms with E-state index < -0.39 is 33.9 Å². The largest absolute Gasteiger partial charge is 0.448 e. The molecule has 0 radical (unpaired) electrons. The first-order valence-corrected chi connectivity index (χ1v) is 10.1. The molecule has 1 aromatic rings. The van der Waals surface area contributed by atoms with Gasteiger partial charge >= 0.3 is 5.97 Å². The molecule has 1 saturated heterocycles. The van der Waals surface area contributed by atoms with Crippen LogP contribution in [-0.4, -0.2) is 66.7 Å². The second-order valence-electron chi connectivity index (χ2n) is 6.73. The van der Waals surface area contributed by atoms with Crippen LogP contribution in [-0.2, 0) is 19.4 Å². The maximum atomic E-state index is 12.5. The highest BCUT2D eigenvalue weighted by Crippen LogP contribution is 2.21. The fourth-order valence-corrected chi connectivity index (χ4v) is 5.07. The lowest BCUT2D eigenvalue weighted by atomic mass is 10.1. The van der Waals surface area contributed by atoms with Crippen molar-refractivity contribution in [3.63, 3.8) is 0 Å². The van der Waals surface area contributed by atoms with Gasteiger partial charge in [-0.25, -0.2) is 13.2 Å². The van der Waals surface area contributed by atoms with Crippen molar-refractivity contribution in [2.75, 3.05) is 18.6 Å². The van der Waals surface area contributed by atoms with Crippen molar-refractivity contribution < 1.29 is 27.5 Å². The molecule has 1 amide bonds. The molecule has 0 saturated carbocycles. The SMILES string of the molecule is CC(=O)c1c(C)[nH]c(C(=O)O[C@@H](C)C(=O)N(C)[C@H]2CCS(=O)(=O)C2)c1C. The number of hydrogen-bond donors (Lipinski definition) is 1. The quantitative estimate of drug-likeness (QED) is 0.599. The maximum Gasteiger partial charge on any atom is 0.355 e. The summed E-state index contributed by atoms with van der Waals surface area (Å²) in [7, 11) is -1.61. The summed E-state index contributed by atoms with van der Waals surface area (Å²) < 4.78 is 28.4. The zero-order valence-corrected chi connectivity index (χ0v) is 16.4. The van der Waals surface area contributed by atoms with Crippen molar-refractivity contribution in [3.8, 4) is 0 Å². The van der Waals surface area contributed by atoms with Gasteiger partial charge in [-0.05, 0) is 39.7 Å². The van der Waals surface area contributed by atoms with Gasteiger partial charge in [0.1, 0.15) is 5.69 Å². The van der Waals surface area contributed by atoms with E-state index in [1.807, 2.05) is 0 Å². The number of esters is 1. The van der Waals surface area contributed by atoms with Crippen LogP contribution in [0.1, 0.15) is 52.4 Å². The Morgan fingerprint density at radius 1 is 1.27 bits per heavy atom. The number of H-pyrrole nitrogens is 1. The van der Waals surface area contributed by atoms with E-state index in [1.165, 1.54) is 25.8 Å². The Bertz CT molecular complexity index is 855. The van der Waals surface area contributed by atoms with E-state index >= 15 is 0 Å². The summed E-state index contributed by atoms with van der Waals surface area (Å²) in [5.74, 6) is -1.38. The van der Waals surface area contributed by atoms with Gasteiger partial charge in [-0.1, -0.05) is 0 Å². The first-order valence-electron chi connectivity index (χ1n) is 8.32. The fraction of sp³-hybridized carbons (Fsp3) is 0.588. The average Bonchev–Trinajstić information content (AvgIpc) is 3.04. The number of rotatable bonds is 5. The van der Waals surface area contributed by atoms with Crippen LogP contribution in [0.25, 0.3) is 0 Å². The van der Waals surface area contributed by atoms with Crippen molar-refractivity contribution in [2.24, 2.45) is 0 Å². The van der Waals surface area contributed by atoms with E-state index in [0.717, 1.165) is 0 Å². The summed E-state index contributed by atoms with van der Waals surface area (Å²) in [6.07, 6.45) is -0.693. The smallest absolute Gasteiger partial charge is 0.355 e. The molecular formula is C17H24N2O6S. The molecule has 2 heterocycles. The van der Waals surface area contributed by atoms with E-state index in [2.05, 4.69) is 4.98 Å². The number of nitrogens with zero attached hydrogens (tertiary/aromatic N) is 1. The van der Waals surface area contributed by atoms with Gasteiger partial charge < -0.3 is 14.6 Å². The van der Waals surface area contributed by atoms with Gasteiger partial charge in [-0.2, -0.15) is 0 Å². The lowest BCUT2D eigenvalue weighted by Gasteiger charge is -2.26. The maximum absolute atomic E-state index is 12.5. The third-order valence-electron chi connectivity index (χ3n) is 4.73. The van der Waals surface area contributed by atoms with Crippen molar-refractivity contribution in [1.29, 1.82) is 0 Å². The molecule has 0 aromatic carbocycles. The summed E-state index contributed by atoms with van der Waals surface area (Å²) in [6.45, 7) is 6.18. The second-order valence-corrected chi connectivity index (χ2v) is 8.96.